The van der Waals surface area contributed by atoms with Gasteiger partial charge in [-0.1, -0.05) is 43.0 Å². The maximum absolute atomic E-state index is 5.88. The van der Waals surface area contributed by atoms with E-state index in [1.807, 2.05) is 67.4 Å². The Morgan fingerprint density at radius 3 is 2.11 bits per heavy atom. The van der Waals surface area contributed by atoms with Crippen molar-refractivity contribution in [3.63, 3.8) is 0 Å². The lowest BCUT2D eigenvalue weighted by atomic mass is 10.2. The number of nitrogens with zero attached hydrogens (tertiary/aromatic N) is 1. The molecule has 2 aromatic carbocycles. The first kappa shape index (κ1) is 13.2. The highest BCUT2D eigenvalue weighted by molar-refractivity contribution is 5.51. The third-order valence-electron chi connectivity index (χ3n) is 3.10. The highest BCUT2D eigenvalue weighted by Crippen LogP contribution is 2.20. The number of likely N-dealkylation sites (N-methyl/N-ethyl adjacent to an activating group) is 1. The molecule has 0 fully saturated rings. The Morgan fingerprint density at radius 1 is 1.00 bits per heavy atom. The van der Waals surface area contributed by atoms with Gasteiger partial charge in [0.15, 0.2) is 0 Å². The lowest BCUT2D eigenvalue weighted by Crippen LogP contribution is -2.27. The minimum Gasteiger partial charge on any atom is -0.485 e. The summed E-state index contributed by atoms with van der Waals surface area (Å²) in [5.74, 6) is 0.859. The molecule has 0 heterocycles. The Balaban J connectivity index is 2.03. The van der Waals surface area contributed by atoms with Gasteiger partial charge in [-0.15, -0.1) is 0 Å². The van der Waals surface area contributed by atoms with Gasteiger partial charge in [0, 0.05) is 12.7 Å². The normalized spacial score (nSPS) is 11.7. The standard InChI is InChI=1S/C17H19NO/c1-14(18(3)16-10-6-4-7-11-16)15(2)19-17-12-8-5-9-13-17/h4-13,15H,1H2,2-3H3. The number of hydrogen-bond donors (Lipinski definition) is 0. The summed E-state index contributed by atoms with van der Waals surface area (Å²) in [5.41, 5.74) is 2.03. The van der Waals surface area contributed by atoms with Gasteiger partial charge in [0.1, 0.15) is 11.9 Å². The smallest absolute Gasteiger partial charge is 0.135 e. The lowest BCUT2D eigenvalue weighted by molar-refractivity contribution is 0.255. The maximum Gasteiger partial charge on any atom is 0.135 e. The predicted octanol–water partition coefficient (Wildman–Crippen LogP) is 4.10. The van der Waals surface area contributed by atoms with Crippen LogP contribution in [0, 0.1) is 0 Å². The number of benzene rings is 2. The van der Waals surface area contributed by atoms with Crippen LogP contribution in [0.15, 0.2) is 72.9 Å². The van der Waals surface area contributed by atoms with Crippen LogP contribution in [0.3, 0.4) is 0 Å². The van der Waals surface area contributed by atoms with Crippen LogP contribution in [0.5, 0.6) is 5.75 Å². The molecule has 0 aromatic heterocycles. The van der Waals surface area contributed by atoms with Gasteiger partial charge in [-0.2, -0.15) is 0 Å². The van der Waals surface area contributed by atoms with Crippen LogP contribution in [-0.2, 0) is 0 Å². The van der Waals surface area contributed by atoms with Gasteiger partial charge >= 0.3 is 0 Å². The number of para-hydroxylation sites is 2. The second-order valence-corrected chi connectivity index (χ2v) is 4.46. The van der Waals surface area contributed by atoms with Crippen molar-refractivity contribution in [3.8, 4) is 5.75 Å². The van der Waals surface area contributed by atoms with Gasteiger partial charge in [-0.3, -0.25) is 0 Å². The molecule has 2 heteroatoms. The number of rotatable bonds is 5. The Hall–Kier alpha value is -2.22. The van der Waals surface area contributed by atoms with Crippen molar-refractivity contribution in [1.29, 1.82) is 0 Å². The van der Waals surface area contributed by atoms with Gasteiger partial charge in [0.25, 0.3) is 0 Å². The van der Waals surface area contributed by atoms with Crippen molar-refractivity contribution in [2.24, 2.45) is 0 Å². The molecule has 0 amide bonds. The second kappa shape index (κ2) is 6.10. The Kier molecular flexibility index (Phi) is 4.24. The SMILES string of the molecule is C=C(C(C)Oc1ccccc1)N(C)c1ccccc1. The third-order valence-corrected chi connectivity index (χ3v) is 3.10. The summed E-state index contributed by atoms with van der Waals surface area (Å²) in [6, 6.07) is 20.0. The van der Waals surface area contributed by atoms with E-state index in [2.05, 4.69) is 18.7 Å². The highest BCUT2D eigenvalue weighted by atomic mass is 16.5. The molecule has 0 saturated carbocycles. The molecule has 2 nitrogen and oxygen atoms in total. The summed E-state index contributed by atoms with van der Waals surface area (Å²) in [6.45, 7) is 6.14. The number of ether oxygens (including phenoxy) is 1. The lowest BCUT2D eigenvalue weighted by Gasteiger charge is -2.26. The molecule has 19 heavy (non-hydrogen) atoms. The van der Waals surface area contributed by atoms with Gasteiger partial charge in [-0.05, 0) is 31.2 Å². The van der Waals surface area contributed by atoms with Crippen LogP contribution < -0.4 is 9.64 Å². The van der Waals surface area contributed by atoms with Crippen molar-refractivity contribution in [3.05, 3.63) is 72.9 Å². The van der Waals surface area contributed by atoms with E-state index in [0.29, 0.717) is 0 Å². The second-order valence-electron chi connectivity index (χ2n) is 4.46. The van der Waals surface area contributed by atoms with E-state index in [9.17, 15) is 0 Å². The highest BCUT2D eigenvalue weighted by Gasteiger charge is 2.13. The van der Waals surface area contributed by atoms with Crippen LogP contribution in [0.4, 0.5) is 5.69 Å². The molecular formula is C17H19NO. The van der Waals surface area contributed by atoms with Crippen molar-refractivity contribution < 1.29 is 4.74 Å². The zero-order valence-electron chi connectivity index (χ0n) is 11.4. The first-order valence-corrected chi connectivity index (χ1v) is 6.38. The minimum atomic E-state index is -0.0763. The summed E-state index contributed by atoms with van der Waals surface area (Å²) in [7, 11) is 2.00. The van der Waals surface area contributed by atoms with Crippen molar-refractivity contribution in [2.75, 3.05) is 11.9 Å². The minimum absolute atomic E-state index is 0.0763. The fourth-order valence-corrected chi connectivity index (χ4v) is 1.86. The Bertz CT molecular complexity index is 521. The van der Waals surface area contributed by atoms with E-state index in [-0.39, 0.29) is 6.10 Å². The zero-order valence-corrected chi connectivity index (χ0v) is 11.4. The van der Waals surface area contributed by atoms with E-state index in [1.54, 1.807) is 0 Å². The first-order valence-electron chi connectivity index (χ1n) is 6.38. The fraction of sp³-hybridized carbons (Fsp3) is 0.176. The van der Waals surface area contributed by atoms with Crippen LogP contribution in [-0.4, -0.2) is 13.2 Å². The molecule has 0 bridgehead atoms. The molecule has 2 rings (SSSR count). The first-order chi connectivity index (χ1) is 9.18. The molecule has 1 unspecified atom stereocenters. The quantitative estimate of drug-likeness (QED) is 0.795. The average Bonchev–Trinajstić information content (AvgIpc) is 2.47. The summed E-state index contributed by atoms with van der Waals surface area (Å²) in [6.07, 6.45) is -0.0763. The van der Waals surface area contributed by atoms with Gasteiger partial charge < -0.3 is 9.64 Å². The molecule has 0 spiro atoms. The fourth-order valence-electron chi connectivity index (χ4n) is 1.86. The van der Waals surface area contributed by atoms with E-state index in [4.69, 9.17) is 4.74 Å². The van der Waals surface area contributed by atoms with Crippen LogP contribution in [0.1, 0.15) is 6.92 Å². The molecule has 98 valence electrons. The molecule has 0 aliphatic heterocycles. The Morgan fingerprint density at radius 2 is 1.53 bits per heavy atom. The molecule has 2 aromatic rings. The molecule has 0 N–H and O–H groups in total. The van der Waals surface area contributed by atoms with Gasteiger partial charge in [0.2, 0.25) is 0 Å². The maximum atomic E-state index is 5.88. The monoisotopic (exact) mass is 253 g/mol. The van der Waals surface area contributed by atoms with Gasteiger partial charge in [0.05, 0.1) is 5.70 Å². The molecular weight excluding hydrogens is 234 g/mol. The number of hydrogen-bond acceptors (Lipinski definition) is 2. The summed E-state index contributed by atoms with van der Waals surface area (Å²) < 4.78 is 5.88. The molecule has 0 aliphatic carbocycles. The van der Waals surface area contributed by atoms with E-state index >= 15 is 0 Å². The number of anilines is 1. The van der Waals surface area contributed by atoms with Crippen LogP contribution in [0.2, 0.25) is 0 Å². The van der Waals surface area contributed by atoms with Crippen molar-refractivity contribution >= 4 is 5.69 Å². The summed E-state index contributed by atoms with van der Waals surface area (Å²) in [5, 5.41) is 0. The molecule has 1 atom stereocenters. The van der Waals surface area contributed by atoms with E-state index in [0.717, 1.165) is 17.1 Å². The topological polar surface area (TPSA) is 12.5 Å². The third kappa shape index (κ3) is 3.38. The van der Waals surface area contributed by atoms with E-state index in [1.165, 1.54) is 0 Å². The zero-order chi connectivity index (χ0) is 13.7. The Labute approximate surface area is 114 Å². The van der Waals surface area contributed by atoms with Gasteiger partial charge in [-0.25, -0.2) is 0 Å². The van der Waals surface area contributed by atoms with Crippen molar-refractivity contribution in [2.45, 2.75) is 13.0 Å². The van der Waals surface area contributed by atoms with Crippen molar-refractivity contribution in [1.82, 2.24) is 0 Å². The molecule has 0 aliphatic rings. The van der Waals surface area contributed by atoms with Crippen LogP contribution in [0.25, 0.3) is 0 Å². The molecule has 0 saturated heterocycles. The summed E-state index contributed by atoms with van der Waals surface area (Å²) >= 11 is 0. The summed E-state index contributed by atoms with van der Waals surface area (Å²) in [4.78, 5) is 2.05. The largest absolute Gasteiger partial charge is 0.485 e. The average molecular weight is 253 g/mol. The van der Waals surface area contributed by atoms with Crippen LogP contribution >= 0.6 is 0 Å². The van der Waals surface area contributed by atoms with E-state index < -0.39 is 0 Å². The molecule has 0 radical (unpaired) electrons. The predicted molar refractivity (Wildman–Crippen MR) is 80.5 cm³/mol.